The first kappa shape index (κ1) is 12.8. The minimum absolute atomic E-state index is 0.118. The average molecular weight is 246 g/mol. The molecule has 1 aromatic carbocycles. The zero-order chi connectivity index (χ0) is 11.4. The van der Waals surface area contributed by atoms with Crippen molar-refractivity contribution < 1.29 is 0 Å². The molecule has 2 N–H and O–H groups in total. The van der Waals surface area contributed by atoms with Gasteiger partial charge in [0.1, 0.15) is 0 Å². The highest BCUT2D eigenvalue weighted by Gasteiger charge is 2.14. The van der Waals surface area contributed by atoms with Gasteiger partial charge in [0.15, 0.2) is 0 Å². The molecular formula is C12H17Cl2N. The Morgan fingerprint density at radius 3 is 2.27 bits per heavy atom. The number of hydrogen-bond acceptors (Lipinski definition) is 1. The van der Waals surface area contributed by atoms with Crippen molar-refractivity contribution in [1.82, 2.24) is 0 Å². The molecule has 0 aliphatic heterocycles. The van der Waals surface area contributed by atoms with E-state index in [4.69, 9.17) is 28.9 Å². The lowest BCUT2D eigenvalue weighted by Crippen LogP contribution is -2.30. The van der Waals surface area contributed by atoms with Crippen molar-refractivity contribution in [2.75, 3.05) is 0 Å². The fourth-order valence-corrected chi connectivity index (χ4v) is 2.02. The molecule has 1 aromatic rings. The van der Waals surface area contributed by atoms with Gasteiger partial charge < -0.3 is 5.73 Å². The second-order valence-corrected chi connectivity index (χ2v) is 4.77. The highest BCUT2D eigenvalue weighted by molar-refractivity contribution is 6.35. The quantitative estimate of drug-likeness (QED) is 0.856. The zero-order valence-electron chi connectivity index (χ0n) is 9.13. The number of halogens is 2. The SMILES string of the molecule is CCC(C)C(N)Cc1c(Cl)cccc1Cl. The van der Waals surface area contributed by atoms with Crippen molar-refractivity contribution in [2.45, 2.75) is 32.7 Å². The number of rotatable bonds is 4. The van der Waals surface area contributed by atoms with Gasteiger partial charge in [0.05, 0.1) is 0 Å². The predicted molar refractivity (Wildman–Crippen MR) is 67.6 cm³/mol. The van der Waals surface area contributed by atoms with E-state index in [1.165, 1.54) is 0 Å². The van der Waals surface area contributed by atoms with Gasteiger partial charge >= 0.3 is 0 Å². The standard InChI is InChI=1S/C12H17Cl2N/c1-3-8(2)12(15)7-9-10(13)5-4-6-11(9)14/h4-6,8,12H,3,7,15H2,1-2H3. The van der Waals surface area contributed by atoms with Crippen LogP contribution in [0, 0.1) is 5.92 Å². The van der Waals surface area contributed by atoms with Crippen LogP contribution in [0.15, 0.2) is 18.2 Å². The molecule has 0 radical (unpaired) electrons. The Bertz CT molecular complexity index is 305. The minimum atomic E-state index is 0.118. The summed E-state index contributed by atoms with van der Waals surface area (Å²) in [5, 5.41) is 1.42. The van der Waals surface area contributed by atoms with Crippen LogP contribution in [0.2, 0.25) is 10.0 Å². The lowest BCUT2D eigenvalue weighted by molar-refractivity contribution is 0.440. The Balaban J connectivity index is 2.80. The van der Waals surface area contributed by atoms with Gasteiger partial charge in [-0.25, -0.2) is 0 Å². The van der Waals surface area contributed by atoms with Crippen molar-refractivity contribution in [3.05, 3.63) is 33.8 Å². The summed E-state index contributed by atoms with van der Waals surface area (Å²) in [7, 11) is 0. The largest absolute Gasteiger partial charge is 0.327 e. The summed E-state index contributed by atoms with van der Waals surface area (Å²) in [5.41, 5.74) is 7.05. The third-order valence-electron chi connectivity index (χ3n) is 2.88. The Morgan fingerprint density at radius 2 is 1.80 bits per heavy atom. The van der Waals surface area contributed by atoms with Gasteiger partial charge in [0.25, 0.3) is 0 Å². The van der Waals surface area contributed by atoms with Crippen LogP contribution in [0.1, 0.15) is 25.8 Å². The summed E-state index contributed by atoms with van der Waals surface area (Å²) in [6.07, 6.45) is 1.82. The van der Waals surface area contributed by atoms with E-state index in [2.05, 4.69) is 13.8 Å². The Hall–Kier alpha value is -0.240. The van der Waals surface area contributed by atoms with Crippen molar-refractivity contribution >= 4 is 23.2 Å². The summed E-state index contributed by atoms with van der Waals surface area (Å²) in [6, 6.07) is 5.67. The first-order valence-electron chi connectivity index (χ1n) is 5.24. The summed E-state index contributed by atoms with van der Waals surface area (Å²) < 4.78 is 0. The van der Waals surface area contributed by atoms with Gasteiger partial charge in [-0.15, -0.1) is 0 Å². The van der Waals surface area contributed by atoms with Crippen LogP contribution in [0.5, 0.6) is 0 Å². The van der Waals surface area contributed by atoms with Crippen molar-refractivity contribution in [3.8, 4) is 0 Å². The van der Waals surface area contributed by atoms with Gasteiger partial charge in [-0.05, 0) is 30.0 Å². The third-order valence-corrected chi connectivity index (χ3v) is 3.58. The molecule has 2 atom stereocenters. The van der Waals surface area contributed by atoms with E-state index in [-0.39, 0.29) is 6.04 Å². The molecular weight excluding hydrogens is 229 g/mol. The second-order valence-electron chi connectivity index (χ2n) is 3.95. The molecule has 0 aromatic heterocycles. The van der Waals surface area contributed by atoms with E-state index >= 15 is 0 Å². The summed E-state index contributed by atoms with van der Waals surface area (Å²) >= 11 is 12.2. The second kappa shape index (κ2) is 5.74. The van der Waals surface area contributed by atoms with Crippen LogP contribution in [0.25, 0.3) is 0 Å². The van der Waals surface area contributed by atoms with Crippen molar-refractivity contribution in [1.29, 1.82) is 0 Å². The summed E-state index contributed by atoms with van der Waals surface area (Å²) in [6.45, 7) is 4.29. The van der Waals surface area contributed by atoms with Gasteiger partial charge in [-0.1, -0.05) is 49.5 Å². The summed E-state index contributed by atoms with van der Waals surface area (Å²) in [5.74, 6) is 0.484. The van der Waals surface area contributed by atoms with Crippen LogP contribution in [0.3, 0.4) is 0 Å². The molecule has 15 heavy (non-hydrogen) atoms. The maximum absolute atomic E-state index is 6.08. The third kappa shape index (κ3) is 3.37. The van der Waals surface area contributed by atoms with Gasteiger partial charge in [-0.3, -0.25) is 0 Å². The molecule has 0 fully saturated rings. The normalized spacial score (nSPS) is 15.0. The molecule has 2 unspecified atom stereocenters. The Kier molecular flexibility index (Phi) is 4.91. The predicted octanol–water partition coefficient (Wildman–Crippen LogP) is 3.91. The van der Waals surface area contributed by atoms with Gasteiger partial charge in [0, 0.05) is 16.1 Å². The maximum Gasteiger partial charge on any atom is 0.0453 e. The molecule has 0 aliphatic carbocycles. The highest BCUT2D eigenvalue weighted by atomic mass is 35.5. The van der Waals surface area contributed by atoms with E-state index < -0.39 is 0 Å². The van der Waals surface area contributed by atoms with E-state index in [1.54, 1.807) is 0 Å². The number of nitrogens with two attached hydrogens (primary N) is 1. The van der Waals surface area contributed by atoms with E-state index in [0.717, 1.165) is 18.4 Å². The van der Waals surface area contributed by atoms with E-state index in [0.29, 0.717) is 16.0 Å². The van der Waals surface area contributed by atoms with Crippen LogP contribution in [-0.2, 0) is 6.42 Å². The van der Waals surface area contributed by atoms with Crippen molar-refractivity contribution in [2.24, 2.45) is 11.7 Å². The van der Waals surface area contributed by atoms with Crippen LogP contribution in [-0.4, -0.2) is 6.04 Å². The zero-order valence-corrected chi connectivity index (χ0v) is 10.6. The molecule has 3 heteroatoms. The molecule has 0 saturated heterocycles. The Morgan fingerprint density at radius 1 is 1.27 bits per heavy atom. The lowest BCUT2D eigenvalue weighted by Gasteiger charge is -2.19. The molecule has 1 rings (SSSR count). The Labute approximate surface area is 102 Å². The van der Waals surface area contributed by atoms with Crippen molar-refractivity contribution in [3.63, 3.8) is 0 Å². The van der Waals surface area contributed by atoms with E-state index in [9.17, 15) is 0 Å². The van der Waals surface area contributed by atoms with Gasteiger partial charge in [0.2, 0.25) is 0 Å². The molecule has 0 bridgehead atoms. The molecule has 0 amide bonds. The molecule has 0 spiro atoms. The van der Waals surface area contributed by atoms with Crippen LogP contribution < -0.4 is 5.73 Å². The van der Waals surface area contributed by atoms with Crippen LogP contribution in [0.4, 0.5) is 0 Å². The molecule has 0 aliphatic rings. The fraction of sp³-hybridized carbons (Fsp3) is 0.500. The smallest absolute Gasteiger partial charge is 0.0453 e. The topological polar surface area (TPSA) is 26.0 Å². The maximum atomic E-state index is 6.08. The average Bonchev–Trinajstić information content (AvgIpc) is 2.22. The summed E-state index contributed by atoms with van der Waals surface area (Å²) in [4.78, 5) is 0. The first-order chi connectivity index (χ1) is 7.06. The molecule has 0 heterocycles. The van der Waals surface area contributed by atoms with E-state index in [1.807, 2.05) is 18.2 Å². The number of hydrogen-bond donors (Lipinski definition) is 1. The van der Waals surface area contributed by atoms with Gasteiger partial charge in [-0.2, -0.15) is 0 Å². The molecule has 1 nitrogen and oxygen atoms in total. The minimum Gasteiger partial charge on any atom is -0.327 e. The molecule has 84 valence electrons. The highest BCUT2D eigenvalue weighted by Crippen LogP contribution is 2.26. The monoisotopic (exact) mass is 245 g/mol. The van der Waals surface area contributed by atoms with Crippen LogP contribution >= 0.6 is 23.2 Å². The molecule has 0 saturated carbocycles. The fourth-order valence-electron chi connectivity index (χ4n) is 1.47. The lowest BCUT2D eigenvalue weighted by atomic mass is 9.94. The number of benzene rings is 1. The first-order valence-corrected chi connectivity index (χ1v) is 6.00.